The Morgan fingerprint density at radius 3 is 2.52 bits per heavy atom. The summed E-state index contributed by atoms with van der Waals surface area (Å²) >= 11 is 12.5. The van der Waals surface area contributed by atoms with Crippen LogP contribution in [0, 0.1) is 0 Å². The zero-order chi connectivity index (χ0) is 23.2. The van der Waals surface area contributed by atoms with Crippen LogP contribution in [0.15, 0.2) is 41.5 Å². The number of oxazole rings is 1. The van der Waals surface area contributed by atoms with Crippen molar-refractivity contribution >= 4 is 35.3 Å². The zero-order valence-corrected chi connectivity index (χ0v) is 19.4. The van der Waals surface area contributed by atoms with Gasteiger partial charge in [-0.15, -0.1) is 0 Å². The number of amides is 1. The van der Waals surface area contributed by atoms with Gasteiger partial charge in [0.25, 0.3) is 0 Å². The first-order valence-corrected chi connectivity index (χ1v) is 10.4. The number of hydrogen-bond acceptors (Lipinski definition) is 6. The summed E-state index contributed by atoms with van der Waals surface area (Å²) in [7, 11) is 0. The summed E-state index contributed by atoms with van der Waals surface area (Å²) in [6, 6.07) is 4.41. The average Bonchev–Trinajstić information content (AvgIpc) is 3.13. The van der Waals surface area contributed by atoms with Crippen LogP contribution in [0.3, 0.4) is 0 Å². The molecule has 0 spiro atoms. The predicted octanol–water partition coefficient (Wildman–Crippen LogP) is 5.76. The van der Waals surface area contributed by atoms with Crippen molar-refractivity contribution in [3.8, 4) is 11.3 Å². The first-order valence-electron chi connectivity index (χ1n) is 9.68. The second-order valence-corrected chi connectivity index (χ2v) is 8.69. The van der Waals surface area contributed by atoms with E-state index in [0.717, 1.165) is 0 Å². The lowest BCUT2D eigenvalue weighted by Crippen LogP contribution is -2.41. The minimum atomic E-state index is -0.694. The molecule has 1 amide bonds. The van der Waals surface area contributed by atoms with E-state index in [4.69, 9.17) is 37.1 Å². The minimum absolute atomic E-state index is 0.0352. The highest BCUT2D eigenvalue weighted by molar-refractivity contribution is 6.39. The summed E-state index contributed by atoms with van der Waals surface area (Å²) in [6.07, 6.45) is 2.15. The van der Waals surface area contributed by atoms with Gasteiger partial charge in [-0.3, -0.25) is 4.79 Å². The smallest absolute Gasteiger partial charge is 0.407 e. The molecule has 0 saturated heterocycles. The second-order valence-electron chi connectivity index (χ2n) is 7.88. The highest BCUT2D eigenvalue weighted by Gasteiger charge is 2.30. The maximum atomic E-state index is 12.4. The summed E-state index contributed by atoms with van der Waals surface area (Å²) in [5.74, 6) is -0.292. The number of ether oxygens (including phenoxy) is 2. The molecule has 2 atom stereocenters. The highest BCUT2D eigenvalue weighted by atomic mass is 35.5. The fourth-order valence-electron chi connectivity index (χ4n) is 2.76. The quantitative estimate of drug-likeness (QED) is 0.390. The third-order valence-corrected chi connectivity index (χ3v) is 4.80. The van der Waals surface area contributed by atoms with Crippen molar-refractivity contribution in [2.75, 3.05) is 6.61 Å². The van der Waals surface area contributed by atoms with Crippen LogP contribution in [0.2, 0.25) is 10.0 Å². The molecule has 0 aliphatic carbocycles. The van der Waals surface area contributed by atoms with Gasteiger partial charge < -0.3 is 19.2 Å². The van der Waals surface area contributed by atoms with Crippen LogP contribution in [0.4, 0.5) is 4.79 Å². The Morgan fingerprint density at radius 1 is 1.29 bits per heavy atom. The molecule has 7 nitrogen and oxygen atoms in total. The van der Waals surface area contributed by atoms with Gasteiger partial charge in [0, 0.05) is 0 Å². The van der Waals surface area contributed by atoms with E-state index in [2.05, 4.69) is 16.9 Å². The van der Waals surface area contributed by atoms with Crippen LogP contribution >= 0.6 is 23.2 Å². The fourth-order valence-corrected chi connectivity index (χ4v) is 3.35. The Hall–Kier alpha value is -2.51. The van der Waals surface area contributed by atoms with Crippen molar-refractivity contribution in [3.63, 3.8) is 0 Å². The molecule has 0 aliphatic heterocycles. The van der Waals surface area contributed by atoms with Crippen molar-refractivity contribution in [2.24, 2.45) is 0 Å². The topological polar surface area (TPSA) is 90.7 Å². The molecule has 9 heteroatoms. The second kappa shape index (κ2) is 10.7. The van der Waals surface area contributed by atoms with Gasteiger partial charge in [0.15, 0.2) is 11.7 Å². The molecule has 1 aromatic heterocycles. The molecular formula is C22H26Cl2N2O5. The first-order chi connectivity index (χ1) is 14.5. The predicted molar refractivity (Wildman–Crippen MR) is 119 cm³/mol. The van der Waals surface area contributed by atoms with Crippen LogP contribution in [0.25, 0.3) is 11.3 Å². The molecule has 168 valence electrons. The highest BCUT2D eigenvalue weighted by Crippen LogP contribution is 2.36. The normalized spacial score (nSPS) is 13.2. The van der Waals surface area contributed by atoms with Crippen molar-refractivity contribution in [2.45, 2.75) is 51.7 Å². The van der Waals surface area contributed by atoms with Gasteiger partial charge in [0.1, 0.15) is 12.2 Å². The summed E-state index contributed by atoms with van der Waals surface area (Å²) in [5.41, 5.74) is -0.149. The fraction of sp³-hybridized carbons (Fsp3) is 0.409. The number of halogens is 2. The number of aromatic nitrogens is 1. The van der Waals surface area contributed by atoms with E-state index in [0.29, 0.717) is 27.3 Å². The van der Waals surface area contributed by atoms with Crippen LogP contribution < -0.4 is 5.32 Å². The molecule has 0 saturated carbocycles. The molecule has 1 aromatic carbocycles. The van der Waals surface area contributed by atoms with Gasteiger partial charge in [-0.25, -0.2) is 9.78 Å². The molecule has 0 aliphatic rings. The van der Waals surface area contributed by atoms with Gasteiger partial charge in [-0.1, -0.05) is 48.8 Å². The van der Waals surface area contributed by atoms with E-state index in [1.54, 1.807) is 45.9 Å². The van der Waals surface area contributed by atoms with Crippen molar-refractivity contribution < 1.29 is 23.5 Å². The summed E-state index contributed by atoms with van der Waals surface area (Å²) in [4.78, 5) is 28.8. The van der Waals surface area contributed by atoms with Gasteiger partial charge in [0.05, 0.1) is 40.2 Å². The Labute approximate surface area is 191 Å². The number of alkyl carbamates (subject to hydrolysis) is 1. The van der Waals surface area contributed by atoms with E-state index in [-0.39, 0.29) is 13.0 Å². The monoisotopic (exact) mass is 468 g/mol. The third kappa shape index (κ3) is 7.29. The zero-order valence-electron chi connectivity index (χ0n) is 17.9. The molecule has 1 unspecified atom stereocenters. The lowest BCUT2D eigenvalue weighted by Gasteiger charge is -2.25. The first kappa shape index (κ1) is 24.8. The lowest BCUT2D eigenvalue weighted by atomic mass is 9.98. The largest absolute Gasteiger partial charge is 0.460 e. The number of nitrogens with one attached hydrogen (secondary N) is 1. The van der Waals surface area contributed by atoms with Crippen LogP contribution in [0.5, 0.6) is 0 Å². The molecule has 1 heterocycles. The molecular weight excluding hydrogens is 443 g/mol. The molecule has 31 heavy (non-hydrogen) atoms. The van der Waals surface area contributed by atoms with Gasteiger partial charge in [0.2, 0.25) is 0 Å². The number of hydrogen-bond donors (Lipinski definition) is 1. The van der Waals surface area contributed by atoms with Crippen LogP contribution in [-0.2, 0) is 14.3 Å². The summed E-state index contributed by atoms with van der Waals surface area (Å²) < 4.78 is 16.3. The lowest BCUT2D eigenvalue weighted by molar-refractivity contribution is -0.155. The van der Waals surface area contributed by atoms with E-state index in [1.165, 1.54) is 12.3 Å². The SMILES string of the molecule is C=CCOC(=O)N[C@@H](CC(=O)OC(C)(C)C)C(C)c1ncc(-c2c(Cl)cccc2Cl)o1. The van der Waals surface area contributed by atoms with E-state index < -0.39 is 29.6 Å². The van der Waals surface area contributed by atoms with Crippen molar-refractivity contribution in [3.05, 3.63) is 53.0 Å². The molecule has 0 bridgehead atoms. The number of esters is 1. The number of carbonyl (C=O) groups is 2. The van der Waals surface area contributed by atoms with Gasteiger partial charge in [-0.2, -0.15) is 0 Å². The number of carbonyl (C=O) groups excluding carboxylic acids is 2. The Balaban J connectivity index is 2.26. The maximum Gasteiger partial charge on any atom is 0.407 e. The maximum absolute atomic E-state index is 12.4. The molecule has 1 N–H and O–H groups in total. The van der Waals surface area contributed by atoms with E-state index in [1.807, 2.05) is 0 Å². The molecule has 0 radical (unpaired) electrons. The Kier molecular flexibility index (Phi) is 8.53. The minimum Gasteiger partial charge on any atom is -0.460 e. The Morgan fingerprint density at radius 2 is 1.94 bits per heavy atom. The average molecular weight is 469 g/mol. The standard InChI is InChI=1S/C22H26Cl2N2O5/c1-6-10-29-21(28)26-16(11-18(27)31-22(3,4)5)13(2)20-25-12-17(30-20)19-14(23)8-7-9-15(19)24/h6-9,12-13,16H,1,10-11H2,2-5H3,(H,26,28)/t13?,16-/m0/s1. The van der Waals surface area contributed by atoms with E-state index in [9.17, 15) is 9.59 Å². The molecule has 2 rings (SSSR count). The number of benzene rings is 1. The summed E-state index contributed by atoms with van der Waals surface area (Å²) in [6.45, 7) is 10.6. The number of nitrogens with zero attached hydrogens (tertiary/aromatic N) is 1. The molecule has 2 aromatic rings. The van der Waals surface area contributed by atoms with Crippen LogP contribution in [-0.4, -0.2) is 35.3 Å². The molecule has 0 fully saturated rings. The van der Waals surface area contributed by atoms with Gasteiger partial charge in [-0.05, 0) is 32.9 Å². The number of rotatable bonds is 8. The van der Waals surface area contributed by atoms with E-state index >= 15 is 0 Å². The van der Waals surface area contributed by atoms with Crippen molar-refractivity contribution in [1.29, 1.82) is 0 Å². The van der Waals surface area contributed by atoms with Crippen LogP contribution in [0.1, 0.15) is 45.9 Å². The van der Waals surface area contributed by atoms with Crippen molar-refractivity contribution in [1.82, 2.24) is 10.3 Å². The van der Waals surface area contributed by atoms with Gasteiger partial charge >= 0.3 is 12.1 Å². The summed E-state index contributed by atoms with van der Waals surface area (Å²) in [5, 5.41) is 3.51. The Bertz CT molecular complexity index is 916. The third-order valence-electron chi connectivity index (χ3n) is 4.17.